The lowest BCUT2D eigenvalue weighted by Gasteiger charge is -2.38. The summed E-state index contributed by atoms with van der Waals surface area (Å²) in [6, 6.07) is 68.4. The maximum atomic E-state index is 2.71. The molecule has 0 bridgehead atoms. The van der Waals surface area contributed by atoms with Crippen molar-refractivity contribution in [2.45, 2.75) is 142 Å². The molecule has 12 rings (SSSR count). The molecule has 0 fully saturated rings. The fourth-order valence-corrected chi connectivity index (χ4v) is 13.5. The highest BCUT2D eigenvalue weighted by Crippen LogP contribution is 2.69. The quantitative estimate of drug-likeness (QED) is 0.164. The first-order valence-electron chi connectivity index (χ1n) is 27.9. The molecule has 0 radical (unpaired) electrons. The molecule has 2 nitrogen and oxygen atoms in total. The average Bonchev–Trinajstić information content (AvgIpc) is 4.18. The zero-order valence-electron chi connectivity index (χ0n) is 47.6. The number of hydrogen-bond donors (Lipinski definition) is 0. The van der Waals surface area contributed by atoms with Crippen molar-refractivity contribution in [1.29, 1.82) is 0 Å². The Kier molecular flexibility index (Phi) is 11.2. The van der Waals surface area contributed by atoms with Crippen molar-refractivity contribution in [3.05, 3.63) is 249 Å². The van der Waals surface area contributed by atoms with Crippen LogP contribution in [0.5, 0.6) is 0 Å². The molecule has 0 amide bonds. The van der Waals surface area contributed by atoms with Gasteiger partial charge in [0.2, 0.25) is 0 Å². The van der Waals surface area contributed by atoms with Gasteiger partial charge in [-0.15, -0.1) is 0 Å². The summed E-state index contributed by atoms with van der Waals surface area (Å²) in [5.41, 5.74) is 26.8. The second kappa shape index (κ2) is 17.2. The molecule has 4 aliphatic carbocycles. The SMILES string of the molecule is CC(C)(C)c1ccc(N(c2ccc(C(C)(C)C)cc2)c2cc3c(c4c2-c2ccccc2C4(C)C)C2=CCC(N(c4ccc(C(C)(C)C)cc4)c4ccc(C(C)(C)C)cc4)C=C2C32c3ccccc3-c3ccccc32)cc1. The molecule has 0 saturated heterocycles. The van der Waals surface area contributed by atoms with E-state index in [1.165, 1.54) is 106 Å². The average molecular weight is 993 g/mol. The van der Waals surface area contributed by atoms with Crippen LogP contribution < -0.4 is 9.80 Å². The number of anilines is 5. The molecule has 1 spiro atoms. The summed E-state index contributed by atoms with van der Waals surface area (Å²) < 4.78 is 0. The standard InChI is InChI=1S/C74H76N2/c1-69(2,3)47-27-35-51(36-28-47)75(52-37-29-48(30-38-52)70(4,5)6)55-43-44-59-63(45-55)74(61-25-19-15-21-56(61)57-22-16-20-26-62(57)74)64-46-65(67-58-23-17-18-24-60(58)73(13,14)68(67)66(59)64)76(53-39-31-49(32-40-53)71(7,8)9)54-41-33-50(34-42-54)72(10,11)12/h15-42,44-46,55H,43H2,1-14H3. The summed E-state index contributed by atoms with van der Waals surface area (Å²) in [6.45, 7) is 32.7. The van der Waals surface area contributed by atoms with E-state index in [0.29, 0.717) is 0 Å². The molecule has 1 unspecified atom stereocenters. The lowest BCUT2D eigenvalue weighted by atomic mass is 9.68. The number of fused-ring (bicyclic) bond motifs is 14. The van der Waals surface area contributed by atoms with E-state index < -0.39 is 5.41 Å². The van der Waals surface area contributed by atoms with E-state index in [0.717, 1.165) is 17.8 Å². The number of hydrogen-bond acceptors (Lipinski definition) is 2. The first-order chi connectivity index (χ1) is 36.0. The van der Waals surface area contributed by atoms with Crippen molar-refractivity contribution in [1.82, 2.24) is 0 Å². The zero-order chi connectivity index (χ0) is 53.5. The first-order valence-corrected chi connectivity index (χ1v) is 27.9. The third-order valence-corrected chi connectivity index (χ3v) is 17.6. The number of allylic oxidation sites excluding steroid dienone is 2. The van der Waals surface area contributed by atoms with Crippen molar-refractivity contribution in [3.63, 3.8) is 0 Å². The second-order valence-corrected chi connectivity index (χ2v) is 27.0. The van der Waals surface area contributed by atoms with Gasteiger partial charge in [-0.25, -0.2) is 0 Å². The van der Waals surface area contributed by atoms with E-state index in [4.69, 9.17) is 0 Å². The fraction of sp³-hybridized carbons (Fsp3) is 0.297. The minimum Gasteiger partial charge on any atom is -0.334 e. The van der Waals surface area contributed by atoms with Crippen LogP contribution in [-0.4, -0.2) is 6.04 Å². The maximum Gasteiger partial charge on any atom is 0.0723 e. The topological polar surface area (TPSA) is 6.48 Å². The van der Waals surface area contributed by atoms with Crippen molar-refractivity contribution in [2.24, 2.45) is 0 Å². The van der Waals surface area contributed by atoms with Crippen LogP contribution in [0.3, 0.4) is 0 Å². The minimum absolute atomic E-state index is 0.0159. The summed E-state index contributed by atoms with van der Waals surface area (Å²) in [4.78, 5) is 5.22. The predicted octanol–water partition coefficient (Wildman–Crippen LogP) is 19.9. The highest BCUT2D eigenvalue weighted by atomic mass is 15.2. The van der Waals surface area contributed by atoms with Crippen LogP contribution in [0.2, 0.25) is 0 Å². The van der Waals surface area contributed by atoms with Gasteiger partial charge >= 0.3 is 0 Å². The molecule has 0 saturated carbocycles. The van der Waals surface area contributed by atoms with Crippen molar-refractivity contribution in [3.8, 4) is 22.3 Å². The van der Waals surface area contributed by atoms with Gasteiger partial charge in [0.1, 0.15) is 0 Å². The van der Waals surface area contributed by atoms with Crippen LogP contribution in [-0.2, 0) is 32.5 Å². The van der Waals surface area contributed by atoms with E-state index in [9.17, 15) is 0 Å². The van der Waals surface area contributed by atoms with Gasteiger partial charge in [0.25, 0.3) is 0 Å². The second-order valence-electron chi connectivity index (χ2n) is 27.0. The first kappa shape index (κ1) is 49.7. The van der Waals surface area contributed by atoms with Gasteiger partial charge in [-0.1, -0.05) is 230 Å². The van der Waals surface area contributed by atoms with E-state index >= 15 is 0 Å². The lowest BCUT2D eigenvalue weighted by Crippen LogP contribution is -2.34. The van der Waals surface area contributed by atoms with Crippen molar-refractivity contribution >= 4 is 34.0 Å². The van der Waals surface area contributed by atoms with E-state index in [1.807, 2.05) is 0 Å². The van der Waals surface area contributed by atoms with Crippen molar-refractivity contribution < 1.29 is 0 Å². The summed E-state index contributed by atoms with van der Waals surface area (Å²) in [7, 11) is 0. The molecule has 2 heteroatoms. The van der Waals surface area contributed by atoms with Crippen LogP contribution in [0.25, 0.3) is 27.8 Å². The highest BCUT2D eigenvalue weighted by molar-refractivity contribution is 6.07. The number of nitrogens with zero attached hydrogens (tertiary/aromatic N) is 2. The van der Waals surface area contributed by atoms with Gasteiger partial charge < -0.3 is 9.80 Å². The van der Waals surface area contributed by atoms with Crippen LogP contribution in [0.1, 0.15) is 159 Å². The molecule has 4 aliphatic rings. The third kappa shape index (κ3) is 7.63. The van der Waals surface area contributed by atoms with E-state index in [-0.39, 0.29) is 33.1 Å². The molecule has 382 valence electrons. The number of rotatable bonds is 6. The molecular formula is C74H76N2. The summed E-state index contributed by atoms with van der Waals surface area (Å²) in [5.74, 6) is 0. The zero-order valence-corrected chi connectivity index (χ0v) is 47.6. The summed E-state index contributed by atoms with van der Waals surface area (Å²) in [6.07, 6.45) is 6.21. The van der Waals surface area contributed by atoms with Gasteiger partial charge in [-0.2, -0.15) is 0 Å². The molecule has 0 aliphatic heterocycles. The molecule has 8 aromatic carbocycles. The van der Waals surface area contributed by atoms with Crippen LogP contribution in [0, 0.1) is 0 Å². The monoisotopic (exact) mass is 993 g/mol. The molecule has 8 aromatic rings. The normalized spacial score (nSPS) is 16.7. The Bertz CT molecular complexity index is 3480. The van der Waals surface area contributed by atoms with Gasteiger partial charge in [-0.05, 0) is 166 Å². The molecule has 0 heterocycles. The fourth-order valence-electron chi connectivity index (χ4n) is 13.5. The van der Waals surface area contributed by atoms with Crippen LogP contribution in [0.15, 0.2) is 194 Å². The maximum absolute atomic E-state index is 2.71. The Labute approximate surface area is 454 Å². The Morgan fingerprint density at radius 3 is 1.21 bits per heavy atom. The molecular weight excluding hydrogens is 917 g/mol. The Balaban J connectivity index is 1.17. The van der Waals surface area contributed by atoms with E-state index in [1.54, 1.807) is 0 Å². The Morgan fingerprint density at radius 2 is 0.789 bits per heavy atom. The minimum atomic E-state index is -0.600. The van der Waals surface area contributed by atoms with Crippen molar-refractivity contribution in [2.75, 3.05) is 9.80 Å². The Hall–Kier alpha value is -7.16. The van der Waals surface area contributed by atoms with Gasteiger partial charge in [0, 0.05) is 33.7 Å². The highest BCUT2D eigenvalue weighted by Gasteiger charge is 2.57. The molecule has 76 heavy (non-hydrogen) atoms. The summed E-state index contributed by atoms with van der Waals surface area (Å²) in [5, 5.41) is 0. The predicted molar refractivity (Wildman–Crippen MR) is 325 cm³/mol. The van der Waals surface area contributed by atoms with Crippen LogP contribution in [0.4, 0.5) is 28.4 Å². The smallest absolute Gasteiger partial charge is 0.0723 e. The van der Waals surface area contributed by atoms with Gasteiger partial charge in [0.15, 0.2) is 0 Å². The molecule has 0 N–H and O–H groups in total. The van der Waals surface area contributed by atoms with Crippen LogP contribution >= 0.6 is 0 Å². The Morgan fingerprint density at radius 1 is 0.408 bits per heavy atom. The van der Waals surface area contributed by atoms with Gasteiger partial charge in [0.05, 0.1) is 17.1 Å². The van der Waals surface area contributed by atoms with E-state index in [2.05, 4.69) is 295 Å². The lowest BCUT2D eigenvalue weighted by molar-refractivity contribution is 0.589. The third-order valence-electron chi connectivity index (χ3n) is 17.6. The number of benzene rings is 8. The summed E-state index contributed by atoms with van der Waals surface area (Å²) >= 11 is 0. The molecule has 0 aromatic heterocycles. The molecule has 1 atom stereocenters. The largest absolute Gasteiger partial charge is 0.334 e. The van der Waals surface area contributed by atoms with Gasteiger partial charge in [-0.3, -0.25) is 0 Å².